The van der Waals surface area contributed by atoms with Crippen molar-refractivity contribution in [3.8, 4) is 0 Å². The highest BCUT2D eigenvalue weighted by molar-refractivity contribution is 5.99. The van der Waals surface area contributed by atoms with Gasteiger partial charge in [0.15, 0.2) is 0 Å². The molecule has 3 amide bonds. The second-order valence-corrected chi connectivity index (χ2v) is 12.4. The highest BCUT2D eigenvalue weighted by atomic mass is 16.5. The lowest BCUT2D eigenvalue weighted by atomic mass is 9.62. The van der Waals surface area contributed by atoms with Crippen molar-refractivity contribution in [3.63, 3.8) is 0 Å². The van der Waals surface area contributed by atoms with Gasteiger partial charge < -0.3 is 25.4 Å². The van der Waals surface area contributed by atoms with Crippen molar-refractivity contribution in [1.29, 1.82) is 0 Å². The molecule has 11 nitrogen and oxygen atoms in total. The van der Waals surface area contributed by atoms with Crippen LogP contribution in [-0.2, 0) is 32.3 Å². The van der Waals surface area contributed by atoms with Gasteiger partial charge in [-0.3, -0.25) is 14.4 Å². The maximum Gasteiger partial charge on any atom is 0.247 e. The second-order valence-electron chi connectivity index (χ2n) is 12.4. The number of unbranched alkanes of at least 4 members (excludes halogenated alkanes) is 3. The summed E-state index contributed by atoms with van der Waals surface area (Å²) in [5.41, 5.74) is 0.485. The Labute approximate surface area is 250 Å². The zero-order valence-corrected chi connectivity index (χ0v) is 24.7. The van der Waals surface area contributed by atoms with Gasteiger partial charge in [0.2, 0.25) is 17.7 Å². The molecular formula is C32H40N6O5. The van der Waals surface area contributed by atoms with Crippen LogP contribution >= 0.6 is 0 Å². The molecule has 228 valence electrons. The molecule has 11 heteroatoms. The van der Waals surface area contributed by atoms with Crippen molar-refractivity contribution in [3.05, 3.63) is 60.2 Å². The fourth-order valence-electron chi connectivity index (χ4n) is 7.61. The number of aromatic nitrogens is 3. The van der Waals surface area contributed by atoms with Gasteiger partial charge in [-0.1, -0.05) is 67.4 Å². The number of aliphatic hydroxyl groups excluding tert-OH is 1. The molecule has 6 rings (SSSR count). The van der Waals surface area contributed by atoms with Crippen LogP contribution in [0, 0.1) is 17.8 Å². The maximum atomic E-state index is 14.3. The molecule has 3 N–H and O–H groups in total. The Bertz CT molecular complexity index is 1500. The van der Waals surface area contributed by atoms with Gasteiger partial charge >= 0.3 is 0 Å². The van der Waals surface area contributed by atoms with E-state index in [1.54, 1.807) is 9.58 Å². The summed E-state index contributed by atoms with van der Waals surface area (Å²) in [7, 11) is 0. The Morgan fingerprint density at radius 3 is 2.56 bits per heavy atom. The van der Waals surface area contributed by atoms with E-state index in [1.165, 1.54) is 0 Å². The first-order valence-corrected chi connectivity index (χ1v) is 15.3. The van der Waals surface area contributed by atoms with Crippen molar-refractivity contribution in [2.75, 3.05) is 13.2 Å². The monoisotopic (exact) mass is 588 g/mol. The van der Waals surface area contributed by atoms with Crippen LogP contribution in [0.1, 0.15) is 51.5 Å². The first kappa shape index (κ1) is 29.3. The molecule has 0 aliphatic carbocycles. The third kappa shape index (κ3) is 4.98. The molecule has 6 atom stereocenters. The molecule has 1 aromatic heterocycles. The number of likely N-dealkylation sites (tertiary alicyclic amines) is 1. The SMILES string of the molecule is CC1CC23O[C@@]1(C)[C@H](C(=O)NCc1ccccc1)[C@H]2C(=O)N(CCCCCCO)C3C(=O)NCn1nnc2ccccc21. The average Bonchev–Trinajstić information content (AvgIpc) is 3.68. The molecule has 3 aliphatic rings. The van der Waals surface area contributed by atoms with Crippen LogP contribution in [-0.4, -0.2) is 73.1 Å². The van der Waals surface area contributed by atoms with Crippen LogP contribution in [0.25, 0.3) is 11.0 Å². The van der Waals surface area contributed by atoms with Crippen LogP contribution in [0.3, 0.4) is 0 Å². The number of hydrogen-bond acceptors (Lipinski definition) is 7. The Hall–Kier alpha value is -3.83. The summed E-state index contributed by atoms with van der Waals surface area (Å²) in [6.07, 6.45) is 3.53. The fourth-order valence-corrected chi connectivity index (χ4v) is 7.61. The van der Waals surface area contributed by atoms with Crippen molar-refractivity contribution < 1.29 is 24.2 Å². The lowest BCUT2D eigenvalue weighted by Gasteiger charge is -2.36. The lowest BCUT2D eigenvalue weighted by molar-refractivity contribution is -0.147. The van der Waals surface area contributed by atoms with Crippen molar-refractivity contribution in [2.24, 2.45) is 17.8 Å². The van der Waals surface area contributed by atoms with Gasteiger partial charge in [0.25, 0.3) is 0 Å². The Morgan fingerprint density at radius 1 is 1.02 bits per heavy atom. The molecule has 43 heavy (non-hydrogen) atoms. The molecule has 0 saturated carbocycles. The molecule has 3 fully saturated rings. The topological polar surface area (TPSA) is 139 Å². The van der Waals surface area contributed by atoms with Crippen LogP contribution in [0.4, 0.5) is 0 Å². The number of benzene rings is 2. The average molecular weight is 589 g/mol. The minimum Gasteiger partial charge on any atom is -0.396 e. The van der Waals surface area contributed by atoms with E-state index < -0.39 is 29.1 Å². The Morgan fingerprint density at radius 2 is 1.77 bits per heavy atom. The molecule has 3 unspecified atom stereocenters. The quantitative estimate of drug-likeness (QED) is 0.276. The van der Waals surface area contributed by atoms with Crippen molar-refractivity contribution in [2.45, 2.75) is 76.4 Å². The normalized spacial score (nSPS) is 29.3. The number of nitrogens with one attached hydrogen (secondary N) is 2. The number of ether oxygens (including phenoxy) is 1. The van der Waals surface area contributed by atoms with Crippen molar-refractivity contribution >= 4 is 28.8 Å². The molecule has 1 spiro atoms. The number of amides is 3. The number of carbonyl (C=O) groups is 3. The first-order chi connectivity index (χ1) is 20.8. The summed E-state index contributed by atoms with van der Waals surface area (Å²) < 4.78 is 8.42. The van der Waals surface area contributed by atoms with E-state index in [1.807, 2.05) is 68.4 Å². The van der Waals surface area contributed by atoms with Gasteiger partial charge in [0.05, 0.1) is 23.0 Å². The summed E-state index contributed by atoms with van der Waals surface area (Å²) >= 11 is 0. The number of para-hydroxylation sites is 1. The van der Waals surface area contributed by atoms with E-state index in [0.717, 1.165) is 29.4 Å². The molecule has 3 aromatic rings. The van der Waals surface area contributed by atoms with E-state index >= 15 is 0 Å². The summed E-state index contributed by atoms with van der Waals surface area (Å²) in [6.45, 7) is 4.89. The van der Waals surface area contributed by atoms with E-state index in [9.17, 15) is 19.5 Å². The van der Waals surface area contributed by atoms with Crippen molar-refractivity contribution in [1.82, 2.24) is 30.5 Å². The zero-order chi connectivity index (χ0) is 30.2. The van der Waals surface area contributed by atoms with Crippen LogP contribution in [0.5, 0.6) is 0 Å². The number of rotatable bonds is 12. The van der Waals surface area contributed by atoms with E-state index in [4.69, 9.17) is 4.74 Å². The van der Waals surface area contributed by atoms with Gasteiger partial charge in [-0.05, 0) is 49.8 Å². The van der Waals surface area contributed by atoms with E-state index in [-0.39, 0.29) is 36.9 Å². The third-order valence-electron chi connectivity index (χ3n) is 9.79. The summed E-state index contributed by atoms with van der Waals surface area (Å²) in [4.78, 5) is 43.9. The van der Waals surface area contributed by atoms with Gasteiger partial charge in [-0.25, -0.2) is 4.68 Å². The van der Waals surface area contributed by atoms with Gasteiger partial charge in [-0.15, -0.1) is 5.10 Å². The summed E-state index contributed by atoms with van der Waals surface area (Å²) in [6, 6.07) is 16.3. The predicted molar refractivity (Wildman–Crippen MR) is 158 cm³/mol. The Balaban J connectivity index is 1.27. The minimum absolute atomic E-state index is 0.0388. The largest absolute Gasteiger partial charge is 0.396 e. The highest BCUT2D eigenvalue weighted by Crippen LogP contribution is 2.65. The predicted octanol–water partition coefficient (Wildman–Crippen LogP) is 2.38. The number of aliphatic hydroxyl groups is 1. The first-order valence-electron chi connectivity index (χ1n) is 15.3. The fraction of sp³-hybridized carbons (Fsp3) is 0.531. The molecule has 4 heterocycles. The molecule has 3 aliphatic heterocycles. The minimum atomic E-state index is -1.11. The van der Waals surface area contributed by atoms with Gasteiger partial charge in [-0.2, -0.15) is 0 Å². The van der Waals surface area contributed by atoms with Crippen LogP contribution in [0.2, 0.25) is 0 Å². The molecule has 0 radical (unpaired) electrons. The number of carbonyl (C=O) groups excluding carboxylic acids is 3. The summed E-state index contributed by atoms with van der Waals surface area (Å²) in [5, 5.41) is 23.6. The van der Waals surface area contributed by atoms with Gasteiger partial charge in [0.1, 0.15) is 23.8 Å². The summed E-state index contributed by atoms with van der Waals surface area (Å²) in [5.74, 6) is -2.28. The molecule has 3 saturated heterocycles. The smallest absolute Gasteiger partial charge is 0.247 e. The molecule has 2 aromatic carbocycles. The van der Waals surface area contributed by atoms with E-state index in [2.05, 4.69) is 20.9 Å². The molecular weight excluding hydrogens is 548 g/mol. The number of fused-ring (bicyclic) bond motifs is 2. The Kier molecular flexibility index (Phi) is 7.95. The van der Waals surface area contributed by atoms with Crippen LogP contribution < -0.4 is 10.6 Å². The van der Waals surface area contributed by atoms with Crippen LogP contribution in [0.15, 0.2) is 54.6 Å². The standard InChI is InChI=1S/C32H40N6O5/c1-21-18-32-26(25(31(21,2)43-32)28(40)33-19-22-12-6-5-7-13-22)30(42)37(16-10-3-4-11-17-39)27(32)29(41)34-20-38-24-15-9-8-14-23(24)35-36-38/h5-9,12-15,21,25-27,39H,3-4,10-11,16-20H2,1-2H3,(H,33,40)(H,34,41)/t21?,25-,26-,27?,31+,32?/m0/s1. The number of nitrogens with zero attached hydrogens (tertiary/aromatic N) is 4. The molecule has 2 bridgehead atoms. The zero-order valence-electron chi connectivity index (χ0n) is 24.7. The lowest BCUT2D eigenvalue weighted by Crippen LogP contribution is -2.56. The van der Waals surface area contributed by atoms with Gasteiger partial charge in [0, 0.05) is 19.7 Å². The highest BCUT2D eigenvalue weighted by Gasteiger charge is 2.79. The number of hydrogen-bond donors (Lipinski definition) is 3. The van der Waals surface area contributed by atoms with E-state index in [0.29, 0.717) is 32.4 Å². The third-order valence-corrected chi connectivity index (χ3v) is 9.79. The maximum absolute atomic E-state index is 14.3. The second kappa shape index (κ2) is 11.7.